The summed E-state index contributed by atoms with van der Waals surface area (Å²) in [6.45, 7) is 1.87. The highest BCUT2D eigenvalue weighted by molar-refractivity contribution is 6.03. The topological polar surface area (TPSA) is 68.6 Å². The van der Waals surface area contributed by atoms with E-state index in [-0.39, 0.29) is 12.0 Å². The molecule has 0 aliphatic carbocycles. The summed E-state index contributed by atoms with van der Waals surface area (Å²) in [6.07, 6.45) is 1.32. The minimum absolute atomic E-state index is 0.201. The van der Waals surface area contributed by atoms with E-state index < -0.39 is 0 Å². The first kappa shape index (κ1) is 20.0. The van der Waals surface area contributed by atoms with Crippen LogP contribution in [0.2, 0.25) is 0 Å². The van der Waals surface area contributed by atoms with Crippen LogP contribution in [0.15, 0.2) is 54.6 Å². The Morgan fingerprint density at radius 1 is 1.13 bits per heavy atom. The quantitative estimate of drug-likeness (QED) is 0.678. The van der Waals surface area contributed by atoms with Crippen LogP contribution in [0.1, 0.15) is 16.9 Å². The third-order valence-corrected chi connectivity index (χ3v) is 5.45. The SMILES string of the molecule is COc1cccc(-c2cc(C(=O)Nc3ccc(N4CCC(OC)C4)cc3)n(C)n2)c1. The number of nitrogens with zero attached hydrogens (tertiary/aromatic N) is 3. The zero-order valence-electron chi connectivity index (χ0n) is 17.5. The van der Waals surface area contributed by atoms with E-state index in [1.807, 2.05) is 48.5 Å². The van der Waals surface area contributed by atoms with E-state index in [9.17, 15) is 4.79 Å². The summed E-state index contributed by atoms with van der Waals surface area (Å²) in [5.74, 6) is 0.548. The highest BCUT2D eigenvalue weighted by Gasteiger charge is 2.22. The van der Waals surface area contributed by atoms with Gasteiger partial charge in [0.05, 0.1) is 18.9 Å². The van der Waals surface area contributed by atoms with E-state index >= 15 is 0 Å². The molecule has 1 N–H and O–H groups in total. The molecule has 1 amide bonds. The molecule has 2 heterocycles. The van der Waals surface area contributed by atoms with Crippen LogP contribution in [0.4, 0.5) is 11.4 Å². The summed E-state index contributed by atoms with van der Waals surface area (Å²) >= 11 is 0. The first-order chi connectivity index (χ1) is 14.6. The van der Waals surface area contributed by atoms with Crippen molar-refractivity contribution in [3.8, 4) is 17.0 Å². The zero-order chi connectivity index (χ0) is 21.1. The summed E-state index contributed by atoms with van der Waals surface area (Å²) in [4.78, 5) is 15.1. The molecule has 0 saturated carbocycles. The lowest BCUT2D eigenvalue weighted by molar-refractivity contribution is 0.101. The van der Waals surface area contributed by atoms with Crippen LogP contribution in [0, 0.1) is 0 Å². The molecule has 156 valence electrons. The van der Waals surface area contributed by atoms with Gasteiger partial charge < -0.3 is 19.7 Å². The summed E-state index contributed by atoms with van der Waals surface area (Å²) in [5.41, 5.74) is 3.98. The van der Waals surface area contributed by atoms with E-state index in [4.69, 9.17) is 9.47 Å². The van der Waals surface area contributed by atoms with Crippen molar-refractivity contribution in [3.63, 3.8) is 0 Å². The third kappa shape index (κ3) is 4.16. The van der Waals surface area contributed by atoms with Gasteiger partial charge in [-0.3, -0.25) is 9.48 Å². The lowest BCUT2D eigenvalue weighted by Gasteiger charge is -2.18. The van der Waals surface area contributed by atoms with Gasteiger partial charge in [-0.15, -0.1) is 0 Å². The standard InChI is InChI=1S/C23H26N4O3/c1-26-22(14-21(25-26)16-5-4-6-19(13-16)29-2)23(28)24-17-7-9-18(10-8-17)27-12-11-20(15-27)30-3/h4-10,13-14,20H,11-12,15H2,1-3H3,(H,24,28). The normalized spacial score (nSPS) is 16.0. The molecule has 0 spiro atoms. The predicted octanol–water partition coefficient (Wildman–Crippen LogP) is 3.57. The maximum atomic E-state index is 12.8. The van der Waals surface area contributed by atoms with Crippen LogP contribution >= 0.6 is 0 Å². The van der Waals surface area contributed by atoms with E-state index in [1.54, 1.807) is 32.0 Å². The Bertz CT molecular complexity index is 1030. The minimum atomic E-state index is -0.201. The number of anilines is 2. The molecule has 4 rings (SSSR count). The fourth-order valence-corrected chi connectivity index (χ4v) is 3.71. The molecule has 1 unspecified atom stereocenters. The third-order valence-electron chi connectivity index (χ3n) is 5.45. The van der Waals surface area contributed by atoms with Crippen LogP contribution in [0.3, 0.4) is 0 Å². The molecule has 0 radical (unpaired) electrons. The van der Waals surface area contributed by atoms with E-state index in [0.29, 0.717) is 5.69 Å². The van der Waals surface area contributed by atoms with Crippen LogP contribution in [0.25, 0.3) is 11.3 Å². The van der Waals surface area contributed by atoms with Crippen LogP contribution in [-0.2, 0) is 11.8 Å². The van der Waals surface area contributed by atoms with Gasteiger partial charge >= 0.3 is 0 Å². The molecule has 1 saturated heterocycles. The van der Waals surface area contributed by atoms with Crippen LogP contribution in [0.5, 0.6) is 5.75 Å². The number of nitrogens with one attached hydrogen (secondary N) is 1. The van der Waals surface area contributed by atoms with Gasteiger partial charge in [0.1, 0.15) is 11.4 Å². The summed E-state index contributed by atoms with van der Waals surface area (Å²) in [6, 6.07) is 17.3. The molecular formula is C23H26N4O3. The number of carbonyl (C=O) groups excluding carboxylic acids is 1. The number of hydrogen-bond acceptors (Lipinski definition) is 5. The van der Waals surface area contributed by atoms with Crippen molar-refractivity contribution in [2.75, 3.05) is 37.5 Å². The Labute approximate surface area is 176 Å². The predicted molar refractivity (Wildman–Crippen MR) is 117 cm³/mol. The Hall–Kier alpha value is -3.32. The highest BCUT2D eigenvalue weighted by Crippen LogP contribution is 2.25. The summed E-state index contributed by atoms with van der Waals surface area (Å²) < 4.78 is 12.3. The number of aromatic nitrogens is 2. The largest absolute Gasteiger partial charge is 0.497 e. The van der Waals surface area contributed by atoms with E-state index in [2.05, 4.69) is 15.3 Å². The molecule has 1 aromatic heterocycles. The molecule has 0 bridgehead atoms. The average molecular weight is 406 g/mol. The molecule has 1 aliphatic heterocycles. The van der Waals surface area contributed by atoms with Crippen LogP contribution < -0.4 is 15.0 Å². The van der Waals surface area contributed by atoms with Gasteiger partial charge in [-0.25, -0.2) is 0 Å². The molecule has 30 heavy (non-hydrogen) atoms. The number of methoxy groups -OCH3 is 2. The number of hydrogen-bond donors (Lipinski definition) is 1. The number of amides is 1. The first-order valence-corrected chi connectivity index (χ1v) is 9.95. The summed E-state index contributed by atoms with van der Waals surface area (Å²) in [5, 5.41) is 7.44. The fraction of sp³-hybridized carbons (Fsp3) is 0.304. The Morgan fingerprint density at radius 3 is 2.63 bits per heavy atom. The maximum absolute atomic E-state index is 12.8. The zero-order valence-corrected chi connectivity index (χ0v) is 17.5. The van der Waals surface area contributed by atoms with Gasteiger partial charge in [0.15, 0.2) is 0 Å². The number of benzene rings is 2. The average Bonchev–Trinajstić information content (AvgIpc) is 3.41. The molecule has 1 atom stereocenters. The fourth-order valence-electron chi connectivity index (χ4n) is 3.71. The number of rotatable bonds is 6. The van der Waals surface area contributed by atoms with Crippen molar-refractivity contribution < 1.29 is 14.3 Å². The van der Waals surface area contributed by atoms with Gasteiger partial charge in [0.2, 0.25) is 0 Å². The summed E-state index contributed by atoms with van der Waals surface area (Å²) in [7, 11) is 5.15. The minimum Gasteiger partial charge on any atom is -0.497 e. The molecule has 2 aromatic carbocycles. The van der Waals surface area contributed by atoms with Gasteiger partial charge in [0, 0.05) is 44.2 Å². The Balaban J connectivity index is 1.46. The number of aryl methyl sites for hydroxylation is 1. The second kappa shape index (κ2) is 8.59. The monoisotopic (exact) mass is 406 g/mol. The highest BCUT2D eigenvalue weighted by atomic mass is 16.5. The van der Waals surface area contributed by atoms with Crippen molar-refractivity contribution in [2.24, 2.45) is 7.05 Å². The van der Waals surface area contributed by atoms with Gasteiger partial charge in [-0.05, 0) is 48.9 Å². The van der Waals surface area contributed by atoms with Crippen molar-refractivity contribution in [3.05, 3.63) is 60.3 Å². The lowest BCUT2D eigenvalue weighted by Crippen LogP contribution is -2.22. The number of carbonyl (C=O) groups is 1. The molecule has 3 aromatic rings. The lowest BCUT2D eigenvalue weighted by atomic mass is 10.1. The van der Waals surface area contributed by atoms with Crippen molar-refractivity contribution in [1.29, 1.82) is 0 Å². The van der Waals surface area contributed by atoms with Gasteiger partial charge in [-0.2, -0.15) is 5.10 Å². The second-order valence-corrected chi connectivity index (χ2v) is 7.36. The molecule has 1 fully saturated rings. The van der Waals surface area contributed by atoms with E-state index in [1.165, 1.54) is 0 Å². The molecule has 7 nitrogen and oxygen atoms in total. The molecule has 1 aliphatic rings. The van der Waals surface area contributed by atoms with Gasteiger partial charge in [0.25, 0.3) is 5.91 Å². The first-order valence-electron chi connectivity index (χ1n) is 9.95. The van der Waals surface area contributed by atoms with Crippen molar-refractivity contribution in [2.45, 2.75) is 12.5 Å². The molecule has 7 heteroatoms. The van der Waals surface area contributed by atoms with Crippen molar-refractivity contribution >= 4 is 17.3 Å². The second-order valence-electron chi connectivity index (χ2n) is 7.36. The number of ether oxygens (including phenoxy) is 2. The molecular weight excluding hydrogens is 380 g/mol. The van der Waals surface area contributed by atoms with Gasteiger partial charge in [-0.1, -0.05) is 12.1 Å². The Kier molecular flexibility index (Phi) is 5.72. The maximum Gasteiger partial charge on any atom is 0.273 e. The van der Waals surface area contributed by atoms with E-state index in [0.717, 1.165) is 47.9 Å². The Morgan fingerprint density at radius 2 is 1.93 bits per heavy atom. The van der Waals surface area contributed by atoms with Crippen molar-refractivity contribution in [1.82, 2.24) is 9.78 Å². The van der Waals surface area contributed by atoms with Crippen LogP contribution in [-0.4, -0.2) is 49.1 Å². The smallest absolute Gasteiger partial charge is 0.273 e.